The molecule has 0 bridgehead atoms. The minimum Gasteiger partial charge on any atom is -0.372 e. The molecule has 3 rings (SSSR count). The van der Waals surface area contributed by atoms with Crippen molar-refractivity contribution >= 4 is 23.4 Å². The van der Waals surface area contributed by atoms with Crippen molar-refractivity contribution in [1.29, 1.82) is 0 Å². The molecule has 0 aliphatic carbocycles. The maximum Gasteiger partial charge on any atom is 0.248 e. The number of halogens is 1. The summed E-state index contributed by atoms with van der Waals surface area (Å²) in [6, 6.07) is 12.1. The monoisotopic (exact) mass is 324 g/mol. The predicted molar refractivity (Wildman–Crippen MR) is 96.7 cm³/mol. The maximum atomic E-state index is 12.9. The molecule has 1 heterocycles. The molecule has 2 aromatic carbocycles. The lowest BCUT2D eigenvalue weighted by atomic mass is 10.1. The molecular weight excluding hydrogens is 303 g/mol. The summed E-state index contributed by atoms with van der Waals surface area (Å²) in [5.41, 5.74) is 3.85. The third-order valence-electron chi connectivity index (χ3n) is 4.24. The molecule has 24 heavy (non-hydrogen) atoms. The average molecular weight is 324 g/mol. The molecule has 1 amide bonds. The molecule has 2 aromatic rings. The Balaban J connectivity index is 1.64. The second kappa shape index (κ2) is 7.30. The van der Waals surface area contributed by atoms with E-state index in [1.807, 2.05) is 13.0 Å². The zero-order chi connectivity index (χ0) is 16.9. The van der Waals surface area contributed by atoms with Gasteiger partial charge in [-0.05, 0) is 67.3 Å². The number of rotatable bonds is 4. The summed E-state index contributed by atoms with van der Waals surface area (Å²) in [4.78, 5) is 14.4. The van der Waals surface area contributed by atoms with Crippen LogP contribution in [0.25, 0.3) is 6.08 Å². The Labute approximate surface area is 141 Å². The fourth-order valence-corrected chi connectivity index (χ4v) is 2.88. The molecule has 124 valence electrons. The molecule has 1 aliphatic rings. The number of benzene rings is 2. The summed E-state index contributed by atoms with van der Waals surface area (Å²) in [6.07, 6.45) is 5.61. The van der Waals surface area contributed by atoms with Crippen molar-refractivity contribution in [2.75, 3.05) is 23.3 Å². The van der Waals surface area contributed by atoms with Gasteiger partial charge in [-0.1, -0.05) is 12.1 Å². The fourth-order valence-electron chi connectivity index (χ4n) is 2.88. The van der Waals surface area contributed by atoms with Crippen LogP contribution in [0, 0.1) is 12.7 Å². The Morgan fingerprint density at radius 1 is 1.12 bits per heavy atom. The Bertz CT molecular complexity index is 747. The molecule has 1 aliphatic heterocycles. The molecule has 3 nitrogen and oxygen atoms in total. The topological polar surface area (TPSA) is 32.3 Å². The van der Waals surface area contributed by atoms with E-state index < -0.39 is 0 Å². The number of nitrogens with one attached hydrogen (secondary N) is 1. The van der Waals surface area contributed by atoms with E-state index in [4.69, 9.17) is 0 Å². The Morgan fingerprint density at radius 2 is 1.83 bits per heavy atom. The van der Waals surface area contributed by atoms with E-state index in [1.54, 1.807) is 18.2 Å². The Morgan fingerprint density at radius 3 is 2.50 bits per heavy atom. The third kappa shape index (κ3) is 4.02. The second-order valence-electron chi connectivity index (χ2n) is 6.07. The third-order valence-corrected chi connectivity index (χ3v) is 4.24. The summed E-state index contributed by atoms with van der Waals surface area (Å²) in [7, 11) is 0. The van der Waals surface area contributed by atoms with Gasteiger partial charge in [0, 0.05) is 30.5 Å². The van der Waals surface area contributed by atoms with Crippen LogP contribution < -0.4 is 10.2 Å². The van der Waals surface area contributed by atoms with E-state index in [9.17, 15) is 9.18 Å². The van der Waals surface area contributed by atoms with Gasteiger partial charge in [-0.25, -0.2) is 4.39 Å². The zero-order valence-electron chi connectivity index (χ0n) is 13.8. The van der Waals surface area contributed by atoms with Gasteiger partial charge < -0.3 is 10.2 Å². The van der Waals surface area contributed by atoms with Crippen LogP contribution in [0.4, 0.5) is 15.8 Å². The van der Waals surface area contributed by atoms with Crippen LogP contribution in [-0.2, 0) is 4.79 Å². The molecule has 0 spiro atoms. The largest absolute Gasteiger partial charge is 0.372 e. The van der Waals surface area contributed by atoms with Crippen molar-refractivity contribution in [3.8, 4) is 0 Å². The van der Waals surface area contributed by atoms with Gasteiger partial charge in [0.1, 0.15) is 5.82 Å². The summed E-state index contributed by atoms with van der Waals surface area (Å²) in [6.45, 7) is 4.20. The maximum absolute atomic E-state index is 12.9. The van der Waals surface area contributed by atoms with E-state index in [2.05, 4.69) is 22.3 Å². The number of carbonyl (C=O) groups is 1. The highest BCUT2D eigenvalue weighted by Gasteiger charge is 2.13. The standard InChI is InChI=1S/C20H21FN2O/c1-15-14-18(23-12-2-3-13-23)9-10-19(15)22-20(24)11-6-16-4-7-17(21)8-5-16/h4-11,14H,2-3,12-13H2,1H3,(H,22,24)/b11-6+. The first-order valence-corrected chi connectivity index (χ1v) is 8.22. The van der Waals surface area contributed by atoms with Gasteiger partial charge >= 0.3 is 0 Å². The molecule has 1 N–H and O–H groups in total. The number of carbonyl (C=O) groups excluding carboxylic acids is 1. The lowest BCUT2D eigenvalue weighted by molar-refractivity contribution is -0.111. The molecular formula is C20H21FN2O. The van der Waals surface area contributed by atoms with Gasteiger partial charge in [-0.3, -0.25) is 4.79 Å². The first-order valence-electron chi connectivity index (χ1n) is 8.22. The van der Waals surface area contributed by atoms with Gasteiger partial charge in [0.25, 0.3) is 0 Å². The van der Waals surface area contributed by atoms with E-state index in [0.717, 1.165) is 29.9 Å². The van der Waals surface area contributed by atoms with Gasteiger partial charge in [0.2, 0.25) is 5.91 Å². The van der Waals surface area contributed by atoms with Crippen molar-refractivity contribution in [1.82, 2.24) is 0 Å². The zero-order valence-corrected chi connectivity index (χ0v) is 13.8. The van der Waals surface area contributed by atoms with E-state index in [1.165, 1.54) is 36.7 Å². The van der Waals surface area contributed by atoms with Crippen LogP contribution in [0.3, 0.4) is 0 Å². The number of nitrogens with zero attached hydrogens (tertiary/aromatic N) is 1. The summed E-state index contributed by atoms with van der Waals surface area (Å²) in [5, 5.41) is 2.89. The molecule has 0 aromatic heterocycles. The first-order chi connectivity index (χ1) is 11.6. The Kier molecular flexibility index (Phi) is 4.94. The van der Waals surface area contributed by atoms with Crippen molar-refractivity contribution in [3.05, 3.63) is 65.5 Å². The number of hydrogen-bond donors (Lipinski definition) is 1. The van der Waals surface area contributed by atoms with Gasteiger partial charge in [0.05, 0.1) is 0 Å². The number of anilines is 2. The van der Waals surface area contributed by atoms with Crippen molar-refractivity contribution in [2.24, 2.45) is 0 Å². The lowest BCUT2D eigenvalue weighted by Crippen LogP contribution is -2.18. The fraction of sp³-hybridized carbons (Fsp3) is 0.250. The lowest BCUT2D eigenvalue weighted by Gasteiger charge is -2.19. The Hall–Kier alpha value is -2.62. The molecule has 1 fully saturated rings. The van der Waals surface area contributed by atoms with Gasteiger partial charge in [-0.2, -0.15) is 0 Å². The highest BCUT2D eigenvalue weighted by Crippen LogP contribution is 2.25. The van der Waals surface area contributed by atoms with E-state index in [0.29, 0.717) is 0 Å². The average Bonchev–Trinajstić information content (AvgIpc) is 3.11. The first kappa shape index (κ1) is 16.2. The molecule has 1 saturated heterocycles. The van der Waals surface area contributed by atoms with Crippen molar-refractivity contribution < 1.29 is 9.18 Å². The number of hydrogen-bond acceptors (Lipinski definition) is 2. The molecule has 0 unspecified atom stereocenters. The molecule has 0 saturated carbocycles. The van der Waals surface area contributed by atoms with Crippen LogP contribution in [0.1, 0.15) is 24.0 Å². The van der Waals surface area contributed by atoms with Crippen LogP contribution in [0.2, 0.25) is 0 Å². The normalized spacial score (nSPS) is 14.3. The number of aryl methyl sites for hydroxylation is 1. The van der Waals surface area contributed by atoms with Crippen molar-refractivity contribution in [2.45, 2.75) is 19.8 Å². The van der Waals surface area contributed by atoms with Crippen LogP contribution in [0.15, 0.2) is 48.5 Å². The summed E-state index contributed by atoms with van der Waals surface area (Å²) in [5.74, 6) is -0.485. The predicted octanol–water partition coefficient (Wildman–Crippen LogP) is 4.39. The van der Waals surface area contributed by atoms with E-state index >= 15 is 0 Å². The molecule has 0 radical (unpaired) electrons. The smallest absolute Gasteiger partial charge is 0.248 e. The summed E-state index contributed by atoms with van der Waals surface area (Å²) < 4.78 is 12.9. The van der Waals surface area contributed by atoms with Crippen LogP contribution in [-0.4, -0.2) is 19.0 Å². The van der Waals surface area contributed by atoms with Crippen LogP contribution >= 0.6 is 0 Å². The SMILES string of the molecule is Cc1cc(N2CCCC2)ccc1NC(=O)/C=C/c1ccc(F)cc1. The van der Waals surface area contributed by atoms with Gasteiger partial charge in [0.15, 0.2) is 0 Å². The van der Waals surface area contributed by atoms with Gasteiger partial charge in [-0.15, -0.1) is 0 Å². The quantitative estimate of drug-likeness (QED) is 0.846. The number of amides is 1. The van der Waals surface area contributed by atoms with Crippen LogP contribution in [0.5, 0.6) is 0 Å². The highest BCUT2D eigenvalue weighted by molar-refractivity contribution is 6.02. The summed E-state index contributed by atoms with van der Waals surface area (Å²) >= 11 is 0. The minimum atomic E-state index is -0.287. The molecule has 0 atom stereocenters. The minimum absolute atomic E-state index is 0.198. The van der Waals surface area contributed by atoms with Crippen molar-refractivity contribution in [3.63, 3.8) is 0 Å². The molecule has 4 heteroatoms. The highest BCUT2D eigenvalue weighted by atomic mass is 19.1. The second-order valence-corrected chi connectivity index (χ2v) is 6.07. The van der Waals surface area contributed by atoms with E-state index in [-0.39, 0.29) is 11.7 Å².